The lowest BCUT2D eigenvalue weighted by atomic mass is 10.1. The molecule has 1 rings (SSSR count). The second-order valence-electron chi connectivity index (χ2n) is 3.72. The summed E-state index contributed by atoms with van der Waals surface area (Å²) in [7, 11) is 0. The molecule has 0 radical (unpaired) electrons. The van der Waals surface area contributed by atoms with Crippen LogP contribution in [0, 0.1) is 21.4 Å². The van der Waals surface area contributed by atoms with Gasteiger partial charge in [0.15, 0.2) is 0 Å². The Morgan fingerprint density at radius 2 is 2.37 bits per heavy atom. The number of benzene rings is 1. The van der Waals surface area contributed by atoms with E-state index in [0.717, 1.165) is 6.07 Å². The van der Waals surface area contributed by atoms with Gasteiger partial charge in [-0.05, 0) is 12.5 Å². The van der Waals surface area contributed by atoms with E-state index in [2.05, 4.69) is 11.9 Å². The SMILES string of the molecule is C=CCC(N)C(=O)Nc1ccc([N+](=O)[O-])cc1C#N. The highest BCUT2D eigenvalue weighted by Gasteiger charge is 2.16. The van der Waals surface area contributed by atoms with E-state index in [9.17, 15) is 14.9 Å². The summed E-state index contributed by atoms with van der Waals surface area (Å²) in [6, 6.07) is 4.61. The average Bonchev–Trinajstić information content (AvgIpc) is 2.39. The Labute approximate surface area is 109 Å². The number of nitro benzene ring substituents is 1. The number of nitrogens with one attached hydrogen (secondary N) is 1. The number of anilines is 1. The molecule has 1 unspecified atom stereocenters. The van der Waals surface area contributed by atoms with Gasteiger partial charge in [-0.1, -0.05) is 6.08 Å². The zero-order chi connectivity index (χ0) is 14.4. The van der Waals surface area contributed by atoms with Crippen molar-refractivity contribution in [2.45, 2.75) is 12.5 Å². The van der Waals surface area contributed by atoms with Gasteiger partial charge in [0.1, 0.15) is 6.07 Å². The quantitative estimate of drug-likeness (QED) is 0.469. The predicted octanol–water partition coefficient (Wildman–Crippen LogP) is 1.31. The Balaban J connectivity index is 2.96. The molecule has 0 aliphatic heterocycles. The first-order valence-corrected chi connectivity index (χ1v) is 5.35. The van der Waals surface area contributed by atoms with Crippen LogP contribution in [-0.4, -0.2) is 16.9 Å². The van der Waals surface area contributed by atoms with E-state index >= 15 is 0 Å². The van der Waals surface area contributed by atoms with E-state index < -0.39 is 16.9 Å². The fourth-order valence-electron chi connectivity index (χ4n) is 1.36. The third kappa shape index (κ3) is 3.62. The molecule has 3 N–H and O–H groups in total. The molecule has 0 saturated heterocycles. The summed E-state index contributed by atoms with van der Waals surface area (Å²) in [6.45, 7) is 3.47. The average molecular weight is 260 g/mol. The molecule has 0 heterocycles. The Bertz CT molecular complexity index is 563. The second-order valence-corrected chi connectivity index (χ2v) is 3.72. The molecule has 0 aliphatic carbocycles. The zero-order valence-electron chi connectivity index (χ0n) is 10.00. The number of nitrogens with zero attached hydrogens (tertiary/aromatic N) is 2. The van der Waals surface area contributed by atoms with Crippen LogP contribution >= 0.6 is 0 Å². The fraction of sp³-hybridized carbons (Fsp3) is 0.167. The molecule has 1 atom stereocenters. The Morgan fingerprint density at radius 1 is 1.68 bits per heavy atom. The molecule has 7 nitrogen and oxygen atoms in total. The van der Waals surface area contributed by atoms with Gasteiger partial charge >= 0.3 is 0 Å². The summed E-state index contributed by atoms with van der Waals surface area (Å²) >= 11 is 0. The Kier molecular flexibility index (Phi) is 4.74. The standard InChI is InChI=1S/C12H12N4O3/c1-2-3-10(14)12(17)15-11-5-4-9(16(18)19)6-8(11)7-13/h2,4-6,10H,1,3,14H2,(H,15,17). The van der Waals surface area contributed by atoms with Gasteiger partial charge in [0.2, 0.25) is 5.91 Å². The Hall–Kier alpha value is -2.72. The number of rotatable bonds is 5. The molecule has 1 aromatic carbocycles. The minimum atomic E-state index is -0.778. The van der Waals surface area contributed by atoms with Crippen LogP contribution in [0.1, 0.15) is 12.0 Å². The maximum absolute atomic E-state index is 11.7. The highest BCUT2D eigenvalue weighted by molar-refractivity contribution is 5.96. The molecular weight excluding hydrogens is 248 g/mol. The van der Waals surface area contributed by atoms with E-state index in [1.807, 2.05) is 0 Å². The largest absolute Gasteiger partial charge is 0.324 e. The van der Waals surface area contributed by atoms with Crippen LogP contribution in [0.5, 0.6) is 0 Å². The number of carbonyl (C=O) groups excluding carboxylic acids is 1. The molecule has 7 heteroatoms. The van der Waals surface area contributed by atoms with Gasteiger partial charge in [0.05, 0.1) is 22.2 Å². The predicted molar refractivity (Wildman–Crippen MR) is 69.2 cm³/mol. The number of hydrogen-bond donors (Lipinski definition) is 2. The van der Waals surface area contributed by atoms with Crippen molar-refractivity contribution in [3.63, 3.8) is 0 Å². The van der Waals surface area contributed by atoms with Crippen LogP contribution in [0.3, 0.4) is 0 Å². The molecule has 0 fully saturated rings. The van der Waals surface area contributed by atoms with Gasteiger partial charge < -0.3 is 11.1 Å². The molecule has 0 bridgehead atoms. The molecule has 98 valence electrons. The topological polar surface area (TPSA) is 122 Å². The summed E-state index contributed by atoms with van der Waals surface area (Å²) in [4.78, 5) is 21.6. The second kappa shape index (κ2) is 6.28. The van der Waals surface area contributed by atoms with Crippen LogP contribution in [0.15, 0.2) is 30.9 Å². The van der Waals surface area contributed by atoms with Crippen LogP contribution in [0.4, 0.5) is 11.4 Å². The van der Waals surface area contributed by atoms with Gasteiger partial charge in [-0.3, -0.25) is 14.9 Å². The number of carbonyl (C=O) groups is 1. The van der Waals surface area contributed by atoms with Crippen molar-refractivity contribution in [3.8, 4) is 6.07 Å². The summed E-state index contributed by atoms with van der Waals surface area (Å²) in [5.74, 6) is -0.481. The lowest BCUT2D eigenvalue weighted by Crippen LogP contribution is -2.35. The number of non-ortho nitro benzene ring substituents is 1. The number of nitro groups is 1. The van der Waals surface area contributed by atoms with E-state index in [-0.39, 0.29) is 16.9 Å². The minimum absolute atomic E-state index is 0.00773. The summed E-state index contributed by atoms with van der Waals surface area (Å²) < 4.78 is 0. The zero-order valence-corrected chi connectivity index (χ0v) is 10.00. The molecule has 0 aliphatic rings. The lowest BCUT2D eigenvalue weighted by molar-refractivity contribution is -0.384. The number of nitrogens with two attached hydrogens (primary N) is 1. The van der Waals surface area contributed by atoms with Crippen LogP contribution in [0.2, 0.25) is 0 Å². The van der Waals surface area contributed by atoms with Crippen LogP contribution in [0.25, 0.3) is 0 Å². The van der Waals surface area contributed by atoms with Gasteiger partial charge in [0, 0.05) is 12.1 Å². The molecule has 1 aromatic rings. The van der Waals surface area contributed by atoms with Crippen LogP contribution < -0.4 is 11.1 Å². The summed E-state index contributed by atoms with van der Waals surface area (Å²) in [6.07, 6.45) is 1.80. The van der Waals surface area contributed by atoms with Gasteiger partial charge in [-0.2, -0.15) is 5.26 Å². The van der Waals surface area contributed by atoms with Crippen molar-refractivity contribution in [1.29, 1.82) is 5.26 Å². The van der Waals surface area contributed by atoms with Crippen molar-refractivity contribution in [2.24, 2.45) is 5.73 Å². The number of amides is 1. The van der Waals surface area contributed by atoms with Crippen molar-refractivity contribution < 1.29 is 9.72 Å². The molecule has 19 heavy (non-hydrogen) atoms. The highest BCUT2D eigenvalue weighted by Crippen LogP contribution is 2.21. The first kappa shape index (κ1) is 14.3. The van der Waals surface area contributed by atoms with Gasteiger partial charge in [-0.15, -0.1) is 6.58 Å². The van der Waals surface area contributed by atoms with Gasteiger partial charge in [-0.25, -0.2) is 0 Å². The third-order valence-electron chi connectivity index (χ3n) is 2.35. The van der Waals surface area contributed by atoms with E-state index in [1.165, 1.54) is 18.2 Å². The van der Waals surface area contributed by atoms with E-state index in [1.54, 1.807) is 6.07 Å². The van der Waals surface area contributed by atoms with Crippen molar-refractivity contribution in [1.82, 2.24) is 0 Å². The summed E-state index contributed by atoms with van der Waals surface area (Å²) in [5, 5.41) is 21.9. The van der Waals surface area contributed by atoms with Crippen molar-refractivity contribution >= 4 is 17.3 Å². The smallest absolute Gasteiger partial charge is 0.270 e. The maximum atomic E-state index is 11.7. The molecule has 1 amide bonds. The fourth-order valence-corrected chi connectivity index (χ4v) is 1.36. The van der Waals surface area contributed by atoms with E-state index in [0.29, 0.717) is 6.42 Å². The first-order chi connectivity index (χ1) is 8.99. The molecular formula is C12H12N4O3. The van der Waals surface area contributed by atoms with E-state index in [4.69, 9.17) is 11.0 Å². The van der Waals surface area contributed by atoms with Gasteiger partial charge in [0.25, 0.3) is 5.69 Å². The van der Waals surface area contributed by atoms with Crippen molar-refractivity contribution in [3.05, 3.63) is 46.5 Å². The monoisotopic (exact) mass is 260 g/mol. The molecule has 0 saturated carbocycles. The molecule has 0 aromatic heterocycles. The summed E-state index contributed by atoms with van der Waals surface area (Å²) in [5.41, 5.74) is 5.55. The highest BCUT2D eigenvalue weighted by atomic mass is 16.6. The Morgan fingerprint density at radius 3 is 2.89 bits per heavy atom. The van der Waals surface area contributed by atoms with Crippen LogP contribution in [-0.2, 0) is 4.79 Å². The first-order valence-electron chi connectivity index (χ1n) is 5.35. The maximum Gasteiger partial charge on any atom is 0.270 e. The molecule has 0 spiro atoms. The normalized spacial score (nSPS) is 11.2. The number of hydrogen-bond acceptors (Lipinski definition) is 5. The van der Waals surface area contributed by atoms with Crippen molar-refractivity contribution in [2.75, 3.05) is 5.32 Å². The minimum Gasteiger partial charge on any atom is -0.324 e. The third-order valence-corrected chi connectivity index (χ3v) is 2.35. The number of nitriles is 1. The lowest BCUT2D eigenvalue weighted by Gasteiger charge is -2.11.